The Balaban J connectivity index is 2.53. The first-order valence-electron chi connectivity index (χ1n) is 3.85. The molecule has 2 rings (SSSR count). The number of nitrogens with zero attached hydrogens (tertiary/aromatic N) is 1. The van der Waals surface area contributed by atoms with E-state index < -0.39 is 0 Å². The average Bonchev–Trinajstić information content (AvgIpc) is 2.07. The fourth-order valence-corrected chi connectivity index (χ4v) is 1.18. The number of pyridine rings is 1. The van der Waals surface area contributed by atoms with Crippen LogP contribution in [0.5, 0.6) is 5.88 Å². The third kappa shape index (κ3) is 1.03. The molecule has 0 amide bonds. The summed E-state index contributed by atoms with van der Waals surface area (Å²) in [6.45, 7) is 1.87. The first-order valence-corrected chi connectivity index (χ1v) is 3.85. The molecule has 1 aromatic rings. The maximum absolute atomic E-state index is 5.70. The molecule has 3 heteroatoms. The number of ether oxygens (including phenoxy) is 1. The average molecular weight is 162 g/mol. The molecule has 12 heavy (non-hydrogen) atoms. The molecule has 2 N–H and O–H groups in total. The molecule has 62 valence electrons. The quantitative estimate of drug-likeness (QED) is 0.627. The van der Waals surface area contributed by atoms with Gasteiger partial charge in [-0.2, -0.15) is 0 Å². The van der Waals surface area contributed by atoms with Crippen LogP contribution in [0.15, 0.2) is 18.4 Å². The lowest BCUT2D eigenvalue weighted by Gasteiger charge is -2.11. The second-order valence-corrected chi connectivity index (χ2v) is 2.82. The molecule has 1 aliphatic rings. The minimum atomic E-state index is 0.684. The summed E-state index contributed by atoms with van der Waals surface area (Å²) < 4.78 is 5.21. The lowest BCUT2D eigenvalue weighted by molar-refractivity contribution is 0.444. The van der Waals surface area contributed by atoms with Crippen molar-refractivity contribution in [1.29, 1.82) is 0 Å². The first-order chi connectivity index (χ1) is 5.77. The Morgan fingerprint density at radius 1 is 1.58 bits per heavy atom. The molecule has 0 saturated carbocycles. The molecule has 0 radical (unpaired) electrons. The van der Waals surface area contributed by atoms with Gasteiger partial charge in [-0.3, -0.25) is 0 Å². The van der Waals surface area contributed by atoms with Crippen LogP contribution in [0, 0.1) is 6.92 Å². The van der Waals surface area contributed by atoms with Crippen molar-refractivity contribution in [2.45, 2.75) is 13.3 Å². The van der Waals surface area contributed by atoms with Crippen LogP contribution in [-0.2, 0) is 6.42 Å². The minimum Gasteiger partial charge on any atom is -0.447 e. The van der Waals surface area contributed by atoms with E-state index in [4.69, 9.17) is 10.5 Å². The van der Waals surface area contributed by atoms with E-state index in [-0.39, 0.29) is 0 Å². The standard InChI is InChI=1S/C9H10N2O/c1-6-8(10)5-7-3-2-4-12-9(7)11-6/h2,4-5H,3,10H2,1H3. The maximum Gasteiger partial charge on any atom is 0.222 e. The van der Waals surface area contributed by atoms with Gasteiger partial charge < -0.3 is 10.5 Å². The number of anilines is 1. The van der Waals surface area contributed by atoms with Crippen molar-refractivity contribution in [3.63, 3.8) is 0 Å². The molecule has 2 heterocycles. The Bertz CT molecular complexity index is 312. The lowest BCUT2D eigenvalue weighted by Crippen LogP contribution is -2.03. The van der Waals surface area contributed by atoms with Gasteiger partial charge in [-0.1, -0.05) is 0 Å². The van der Waals surface area contributed by atoms with Crippen molar-refractivity contribution in [2.75, 3.05) is 5.73 Å². The second-order valence-electron chi connectivity index (χ2n) is 2.82. The zero-order valence-electron chi connectivity index (χ0n) is 6.87. The van der Waals surface area contributed by atoms with Gasteiger partial charge in [0.15, 0.2) is 0 Å². The largest absolute Gasteiger partial charge is 0.447 e. The third-order valence-electron chi connectivity index (χ3n) is 1.91. The summed E-state index contributed by atoms with van der Waals surface area (Å²) in [7, 11) is 0. The SMILES string of the molecule is Cc1nc2c(cc1N)CC=CO2. The minimum absolute atomic E-state index is 0.684. The summed E-state index contributed by atoms with van der Waals surface area (Å²) in [6, 6.07) is 1.92. The number of aromatic nitrogens is 1. The van der Waals surface area contributed by atoms with Gasteiger partial charge in [0.25, 0.3) is 0 Å². The van der Waals surface area contributed by atoms with Crippen LogP contribution in [0.3, 0.4) is 0 Å². The monoisotopic (exact) mass is 162 g/mol. The van der Waals surface area contributed by atoms with Gasteiger partial charge in [-0.25, -0.2) is 4.98 Å². The van der Waals surface area contributed by atoms with Gasteiger partial charge in [0.2, 0.25) is 5.88 Å². The number of hydrogen-bond acceptors (Lipinski definition) is 3. The van der Waals surface area contributed by atoms with Crippen LogP contribution in [0.2, 0.25) is 0 Å². The van der Waals surface area contributed by atoms with Crippen molar-refractivity contribution < 1.29 is 4.74 Å². The lowest BCUT2D eigenvalue weighted by atomic mass is 10.1. The zero-order chi connectivity index (χ0) is 8.55. The molecule has 0 fully saturated rings. The van der Waals surface area contributed by atoms with Crippen LogP contribution in [0.25, 0.3) is 0 Å². The highest BCUT2D eigenvalue weighted by atomic mass is 16.5. The summed E-state index contributed by atoms with van der Waals surface area (Å²) in [4.78, 5) is 4.21. The van der Waals surface area contributed by atoms with E-state index in [9.17, 15) is 0 Å². The summed E-state index contributed by atoms with van der Waals surface area (Å²) in [5, 5.41) is 0. The third-order valence-corrected chi connectivity index (χ3v) is 1.91. The van der Waals surface area contributed by atoms with Gasteiger partial charge in [0, 0.05) is 5.56 Å². The number of aryl methyl sites for hydroxylation is 1. The van der Waals surface area contributed by atoms with E-state index in [1.165, 1.54) is 0 Å². The van der Waals surface area contributed by atoms with Gasteiger partial charge >= 0.3 is 0 Å². The molecule has 0 aliphatic carbocycles. The zero-order valence-corrected chi connectivity index (χ0v) is 6.87. The highest BCUT2D eigenvalue weighted by molar-refractivity contribution is 5.49. The van der Waals surface area contributed by atoms with Crippen molar-refractivity contribution in [3.05, 3.63) is 29.7 Å². The Morgan fingerprint density at radius 3 is 3.25 bits per heavy atom. The van der Waals surface area contributed by atoms with E-state index in [0.29, 0.717) is 5.88 Å². The fourth-order valence-electron chi connectivity index (χ4n) is 1.18. The van der Waals surface area contributed by atoms with Gasteiger partial charge in [0.1, 0.15) is 0 Å². The molecule has 0 unspecified atom stereocenters. The smallest absolute Gasteiger partial charge is 0.222 e. The second kappa shape index (κ2) is 2.52. The molecule has 3 nitrogen and oxygen atoms in total. The maximum atomic E-state index is 5.70. The Morgan fingerprint density at radius 2 is 2.42 bits per heavy atom. The van der Waals surface area contributed by atoms with E-state index >= 15 is 0 Å². The van der Waals surface area contributed by atoms with E-state index in [0.717, 1.165) is 23.4 Å². The predicted molar refractivity (Wildman–Crippen MR) is 46.9 cm³/mol. The van der Waals surface area contributed by atoms with Crippen LogP contribution in [-0.4, -0.2) is 4.98 Å². The molecule has 0 saturated heterocycles. The van der Waals surface area contributed by atoms with Gasteiger partial charge in [-0.05, 0) is 25.5 Å². The van der Waals surface area contributed by atoms with Crippen molar-refractivity contribution in [2.24, 2.45) is 0 Å². The summed E-state index contributed by atoms with van der Waals surface area (Å²) >= 11 is 0. The Kier molecular flexibility index (Phi) is 1.50. The fraction of sp³-hybridized carbons (Fsp3) is 0.222. The molecule has 1 aromatic heterocycles. The predicted octanol–water partition coefficient (Wildman–Crippen LogP) is 1.42. The van der Waals surface area contributed by atoms with Crippen molar-refractivity contribution >= 4 is 5.69 Å². The number of rotatable bonds is 0. The van der Waals surface area contributed by atoms with Crippen molar-refractivity contribution in [3.8, 4) is 5.88 Å². The van der Waals surface area contributed by atoms with Crippen LogP contribution in [0.1, 0.15) is 11.3 Å². The highest BCUT2D eigenvalue weighted by Crippen LogP contribution is 2.24. The number of hydrogen-bond donors (Lipinski definition) is 1. The van der Waals surface area contributed by atoms with Crippen LogP contribution in [0.4, 0.5) is 5.69 Å². The Hall–Kier alpha value is -1.51. The van der Waals surface area contributed by atoms with Gasteiger partial charge in [-0.15, -0.1) is 0 Å². The van der Waals surface area contributed by atoms with Crippen LogP contribution >= 0.6 is 0 Å². The normalized spacial score (nSPS) is 13.8. The van der Waals surface area contributed by atoms with Gasteiger partial charge in [0.05, 0.1) is 17.6 Å². The molecule has 0 bridgehead atoms. The molecular formula is C9H10N2O. The van der Waals surface area contributed by atoms with Crippen LogP contribution < -0.4 is 10.5 Å². The molecule has 0 spiro atoms. The number of fused-ring (bicyclic) bond motifs is 1. The number of allylic oxidation sites excluding steroid dienone is 1. The molecular weight excluding hydrogens is 152 g/mol. The topological polar surface area (TPSA) is 48.1 Å². The first kappa shape index (κ1) is 7.16. The summed E-state index contributed by atoms with van der Waals surface area (Å²) in [5.74, 6) is 0.684. The molecule has 1 aliphatic heterocycles. The summed E-state index contributed by atoms with van der Waals surface area (Å²) in [6.07, 6.45) is 4.45. The molecule has 0 atom stereocenters. The Labute approximate surface area is 70.9 Å². The van der Waals surface area contributed by atoms with Crippen molar-refractivity contribution in [1.82, 2.24) is 4.98 Å². The van der Waals surface area contributed by atoms with E-state index in [1.54, 1.807) is 6.26 Å². The number of nitrogen functional groups attached to an aromatic ring is 1. The highest BCUT2D eigenvalue weighted by Gasteiger charge is 2.09. The van der Waals surface area contributed by atoms with E-state index in [1.807, 2.05) is 19.1 Å². The number of nitrogens with two attached hydrogens (primary N) is 1. The molecule has 0 aromatic carbocycles. The van der Waals surface area contributed by atoms with E-state index in [2.05, 4.69) is 4.98 Å². The summed E-state index contributed by atoms with van der Waals surface area (Å²) in [5.41, 5.74) is 8.31.